The highest BCUT2D eigenvalue weighted by Gasteiger charge is 2.45. The number of likely N-dealkylation sites (N-methyl/N-ethyl adjacent to an activating group) is 1. The molecule has 0 saturated carbocycles. The molecule has 12 heteroatoms. The maximum atomic E-state index is 11.6. The molecule has 3 rings (SSSR count). The number of piperidine rings is 1. The normalized spacial score (nSPS) is 20.4. The zero-order chi connectivity index (χ0) is 24.6. The Hall–Kier alpha value is -2.18. The molecular formula is C21H32F3N3O6. The maximum Gasteiger partial charge on any atom is 0.490 e. The van der Waals surface area contributed by atoms with Gasteiger partial charge in [-0.2, -0.15) is 13.2 Å². The minimum atomic E-state index is -5.08. The Morgan fingerprint density at radius 2 is 1.97 bits per heavy atom. The summed E-state index contributed by atoms with van der Waals surface area (Å²) >= 11 is 0. The second-order valence-corrected chi connectivity index (χ2v) is 8.54. The molecule has 2 aliphatic heterocycles. The SMILES string of the molecule is Cc1cc(CN2CCC3(CC2)OCCC3CCOCC(=O)N(C)C)no1.O=C(O)C(F)(F)F. The first-order chi connectivity index (χ1) is 15.4. The van der Waals surface area contributed by atoms with Crippen LogP contribution in [0.1, 0.15) is 37.1 Å². The van der Waals surface area contributed by atoms with E-state index in [1.54, 1.807) is 19.0 Å². The van der Waals surface area contributed by atoms with Gasteiger partial charge < -0.3 is 24.0 Å². The summed E-state index contributed by atoms with van der Waals surface area (Å²) in [7, 11) is 3.50. The van der Waals surface area contributed by atoms with E-state index in [2.05, 4.69) is 10.1 Å². The number of aromatic nitrogens is 1. The molecule has 33 heavy (non-hydrogen) atoms. The second-order valence-electron chi connectivity index (χ2n) is 8.54. The van der Waals surface area contributed by atoms with E-state index in [-0.39, 0.29) is 18.1 Å². The molecule has 0 bridgehead atoms. The average molecular weight is 479 g/mol. The molecule has 1 aromatic rings. The zero-order valence-electron chi connectivity index (χ0n) is 19.2. The van der Waals surface area contributed by atoms with Gasteiger partial charge in [-0.3, -0.25) is 9.69 Å². The predicted octanol–water partition coefficient (Wildman–Crippen LogP) is 2.48. The summed E-state index contributed by atoms with van der Waals surface area (Å²) in [6.07, 6.45) is -0.938. The van der Waals surface area contributed by atoms with E-state index < -0.39 is 12.1 Å². The third-order valence-electron chi connectivity index (χ3n) is 5.94. The lowest BCUT2D eigenvalue weighted by Gasteiger charge is -2.42. The molecule has 1 N–H and O–H groups in total. The number of hydrogen-bond acceptors (Lipinski definition) is 7. The number of carbonyl (C=O) groups is 2. The molecule has 2 aliphatic rings. The molecule has 2 saturated heterocycles. The summed E-state index contributed by atoms with van der Waals surface area (Å²) in [5.74, 6) is -1.36. The quantitative estimate of drug-likeness (QED) is 0.595. The lowest BCUT2D eigenvalue weighted by Crippen LogP contribution is -2.47. The molecular weight excluding hydrogens is 447 g/mol. The summed E-state index contributed by atoms with van der Waals surface area (Å²) in [4.78, 5) is 24.5. The number of carboxylic acids is 1. The number of hydrogen-bond donors (Lipinski definition) is 1. The third-order valence-corrected chi connectivity index (χ3v) is 5.94. The van der Waals surface area contributed by atoms with Gasteiger partial charge >= 0.3 is 12.1 Å². The first-order valence-electron chi connectivity index (χ1n) is 10.8. The summed E-state index contributed by atoms with van der Waals surface area (Å²) in [6.45, 7) is 6.42. The Balaban J connectivity index is 0.000000479. The van der Waals surface area contributed by atoms with Crippen molar-refractivity contribution in [3.05, 3.63) is 17.5 Å². The summed E-state index contributed by atoms with van der Waals surface area (Å²) in [6, 6.07) is 2.01. The van der Waals surface area contributed by atoms with Crippen LogP contribution in [0, 0.1) is 12.8 Å². The van der Waals surface area contributed by atoms with Gasteiger partial charge in [0.2, 0.25) is 5.91 Å². The van der Waals surface area contributed by atoms with Gasteiger partial charge in [-0.05, 0) is 38.5 Å². The van der Waals surface area contributed by atoms with Gasteiger partial charge in [0.15, 0.2) is 0 Å². The summed E-state index contributed by atoms with van der Waals surface area (Å²) < 4.78 is 48.7. The molecule has 188 valence electrons. The van der Waals surface area contributed by atoms with Crippen molar-refractivity contribution in [2.45, 2.75) is 50.9 Å². The number of halogens is 3. The third kappa shape index (κ3) is 8.27. The Kier molecular flexibility index (Phi) is 9.68. The number of alkyl halides is 3. The van der Waals surface area contributed by atoms with Crippen molar-refractivity contribution in [3.8, 4) is 0 Å². The van der Waals surface area contributed by atoms with Crippen molar-refractivity contribution in [2.24, 2.45) is 5.92 Å². The lowest BCUT2D eigenvalue weighted by atomic mass is 9.78. The van der Waals surface area contributed by atoms with Crippen molar-refractivity contribution < 1.29 is 41.9 Å². The highest BCUT2D eigenvalue weighted by molar-refractivity contribution is 5.76. The van der Waals surface area contributed by atoms with Crippen LogP contribution in [-0.2, 0) is 25.6 Å². The molecule has 1 atom stereocenters. The van der Waals surface area contributed by atoms with Crippen LogP contribution in [0.3, 0.4) is 0 Å². The van der Waals surface area contributed by atoms with Crippen molar-refractivity contribution >= 4 is 11.9 Å². The number of amides is 1. The molecule has 0 aliphatic carbocycles. The van der Waals surface area contributed by atoms with Crippen LogP contribution in [0.5, 0.6) is 0 Å². The van der Waals surface area contributed by atoms with E-state index in [4.69, 9.17) is 23.9 Å². The highest BCUT2D eigenvalue weighted by atomic mass is 19.4. The molecule has 3 heterocycles. The van der Waals surface area contributed by atoms with E-state index in [0.29, 0.717) is 12.5 Å². The van der Waals surface area contributed by atoms with Gasteiger partial charge in [0.1, 0.15) is 12.4 Å². The predicted molar refractivity (Wildman–Crippen MR) is 110 cm³/mol. The van der Waals surface area contributed by atoms with E-state index >= 15 is 0 Å². The largest absolute Gasteiger partial charge is 0.490 e. The Labute approximate surface area is 190 Å². The number of aryl methyl sites for hydroxylation is 1. The fourth-order valence-electron chi connectivity index (χ4n) is 4.07. The van der Waals surface area contributed by atoms with Gasteiger partial charge in [-0.1, -0.05) is 5.16 Å². The van der Waals surface area contributed by atoms with Gasteiger partial charge in [0.25, 0.3) is 0 Å². The summed E-state index contributed by atoms with van der Waals surface area (Å²) in [5.41, 5.74) is 0.992. The molecule has 2 fully saturated rings. The summed E-state index contributed by atoms with van der Waals surface area (Å²) in [5, 5.41) is 11.2. The van der Waals surface area contributed by atoms with E-state index in [1.807, 2.05) is 13.0 Å². The standard InChI is InChI=1S/C19H31N3O4.C2HF3O2/c1-15-12-17(20-26-15)13-22-8-6-19(7-9-22)16(5-11-25-19)4-10-24-14-18(23)21(2)3;3-2(4,5)1(6)7/h12,16H,4-11,13-14H2,1-3H3;(H,6,7). The van der Waals surface area contributed by atoms with Crippen molar-refractivity contribution in [1.82, 2.24) is 15.0 Å². The number of carbonyl (C=O) groups excluding carboxylic acids is 1. The maximum absolute atomic E-state index is 11.6. The molecule has 0 aromatic carbocycles. The van der Waals surface area contributed by atoms with Gasteiger partial charge in [-0.25, -0.2) is 4.79 Å². The van der Waals surface area contributed by atoms with Crippen LogP contribution >= 0.6 is 0 Å². The zero-order valence-corrected chi connectivity index (χ0v) is 19.2. The fraction of sp³-hybridized carbons (Fsp3) is 0.762. The first-order valence-corrected chi connectivity index (χ1v) is 10.8. The Bertz CT molecular complexity index is 776. The lowest BCUT2D eigenvalue weighted by molar-refractivity contribution is -0.192. The minimum absolute atomic E-state index is 0.00877. The van der Waals surface area contributed by atoms with Crippen LogP contribution in [0.4, 0.5) is 13.2 Å². The average Bonchev–Trinajstić information content (AvgIpc) is 3.32. The molecule has 1 amide bonds. The molecule has 9 nitrogen and oxygen atoms in total. The van der Waals surface area contributed by atoms with Gasteiger partial charge in [0, 0.05) is 53.0 Å². The molecule has 0 radical (unpaired) electrons. The molecule has 1 unspecified atom stereocenters. The second kappa shape index (κ2) is 11.8. The van der Waals surface area contributed by atoms with Crippen LogP contribution in [0.25, 0.3) is 0 Å². The van der Waals surface area contributed by atoms with Crippen LogP contribution in [0.2, 0.25) is 0 Å². The van der Waals surface area contributed by atoms with Gasteiger partial charge in [-0.15, -0.1) is 0 Å². The Morgan fingerprint density at radius 1 is 1.33 bits per heavy atom. The van der Waals surface area contributed by atoms with Crippen LogP contribution in [-0.4, -0.2) is 90.7 Å². The van der Waals surface area contributed by atoms with Crippen molar-refractivity contribution in [3.63, 3.8) is 0 Å². The van der Waals surface area contributed by atoms with E-state index in [0.717, 1.165) is 63.4 Å². The number of carboxylic acid groups (broad SMARTS) is 1. The first kappa shape index (κ1) is 27.1. The van der Waals surface area contributed by atoms with E-state index in [9.17, 15) is 18.0 Å². The van der Waals surface area contributed by atoms with Crippen molar-refractivity contribution in [2.75, 3.05) is 47.0 Å². The minimum Gasteiger partial charge on any atom is -0.475 e. The van der Waals surface area contributed by atoms with Crippen LogP contribution in [0.15, 0.2) is 10.6 Å². The smallest absolute Gasteiger partial charge is 0.475 e. The number of rotatable bonds is 7. The monoisotopic (exact) mass is 479 g/mol. The van der Waals surface area contributed by atoms with Gasteiger partial charge in [0.05, 0.1) is 11.3 Å². The fourth-order valence-corrected chi connectivity index (χ4v) is 4.07. The van der Waals surface area contributed by atoms with E-state index in [1.165, 1.54) is 0 Å². The van der Waals surface area contributed by atoms with Crippen molar-refractivity contribution in [1.29, 1.82) is 0 Å². The molecule has 1 spiro atoms. The molecule has 1 aromatic heterocycles. The Morgan fingerprint density at radius 3 is 2.48 bits per heavy atom. The highest BCUT2D eigenvalue weighted by Crippen LogP contribution is 2.42. The van der Waals surface area contributed by atoms with Crippen LogP contribution < -0.4 is 0 Å². The number of nitrogens with zero attached hydrogens (tertiary/aromatic N) is 3. The number of aliphatic carboxylic acids is 1. The topological polar surface area (TPSA) is 105 Å². The number of ether oxygens (including phenoxy) is 2. The number of likely N-dealkylation sites (tertiary alicyclic amines) is 1.